The minimum Gasteiger partial charge on any atom is -0.325 e. The van der Waals surface area contributed by atoms with Crippen LogP contribution in [0.4, 0.5) is 17.2 Å². The molecule has 3 aromatic carbocycles. The Balaban J connectivity index is 1.54. The fourth-order valence-electron chi connectivity index (χ4n) is 3.34. The van der Waals surface area contributed by atoms with Gasteiger partial charge in [-0.25, -0.2) is 21.8 Å². The quantitative estimate of drug-likeness (QED) is 0.282. The summed E-state index contributed by atoms with van der Waals surface area (Å²) in [5, 5.41) is 2.93. The summed E-state index contributed by atoms with van der Waals surface area (Å²) < 4.78 is 55.3. The average Bonchev–Trinajstić information content (AvgIpc) is 2.90. The van der Waals surface area contributed by atoms with Gasteiger partial charge in [0, 0.05) is 11.9 Å². The summed E-state index contributed by atoms with van der Waals surface area (Å²) in [6.45, 7) is -0.587. The summed E-state index contributed by atoms with van der Waals surface area (Å²) in [7, 11) is -8.06. The summed E-state index contributed by atoms with van der Waals surface area (Å²) in [6, 6.07) is 22.1. The molecule has 9 nitrogen and oxygen atoms in total. The van der Waals surface area contributed by atoms with E-state index >= 15 is 0 Å². The topological polar surface area (TPSA) is 126 Å². The SMILES string of the molecule is O=C(CN(c1ccc(Cl)c(Cl)c1)S(=O)(=O)c1ccccc1)Nc1ccc(S(=O)(=O)Nc2ccccn2)cc1. The van der Waals surface area contributed by atoms with Crippen LogP contribution in [0.25, 0.3) is 0 Å². The first-order chi connectivity index (χ1) is 18.1. The van der Waals surface area contributed by atoms with E-state index in [0.717, 1.165) is 4.31 Å². The fraction of sp³-hybridized carbons (Fsp3) is 0.0400. The van der Waals surface area contributed by atoms with Crippen molar-refractivity contribution in [2.75, 3.05) is 20.9 Å². The number of aromatic nitrogens is 1. The lowest BCUT2D eigenvalue weighted by Gasteiger charge is -2.24. The molecule has 0 bridgehead atoms. The molecule has 0 spiro atoms. The zero-order valence-electron chi connectivity index (χ0n) is 19.5. The summed E-state index contributed by atoms with van der Waals surface area (Å²) in [6.07, 6.45) is 1.45. The summed E-state index contributed by atoms with van der Waals surface area (Å²) in [5.41, 5.74) is 0.401. The molecule has 4 rings (SSSR count). The van der Waals surface area contributed by atoms with Crippen LogP contribution in [0, 0.1) is 0 Å². The molecule has 13 heteroatoms. The van der Waals surface area contributed by atoms with Gasteiger partial charge in [0.25, 0.3) is 20.0 Å². The first kappa shape index (κ1) is 27.4. The maximum Gasteiger partial charge on any atom is 0.264 e. The van der Waals surface area contributed by atoms with E-state index in [9.17, 15) is 21.6 Å². The molecule has 0 radical (unpaired) electrons. The number of nitrogens with zero attached hydrogens (tertiary/aromatic N) is 2. The maximum absolute atomic E-state index is 13.4. The second kappa shape index (κ2) is 11.4. The highest BCUT2D eigenvalue weighted by atomic mass is 35.5. The summed E-state index contributed by atoms with van der Waals surface area (Å²) >= 11 is 12.1. The van der Waals surface area contributed by atoms with E-state index in [4.69, 9.17) is 23.2 Å². The van der Waals surface area contributed by atoms with Crippen LogP contribution in [0.15, 0.2) is 107 Å². The van der Waals surface area contributed by atoms with Gasteiger partial charge in [-0.3, -0.25) is 13.8 Å². The Kier molecular flexibility index (Phi) is 8.22. The highest BCUT2D eigenvalue weighted by Crippen LogP contribution is 2.30. The van der Waals surface area contributed by atoms with Gasteiger partial charge in [0.15, 0.2) is 0 Å². The molecule has 0 fully saturated rings. The van der Waals surface area contributed by atoms with E-state index in [1.165, 1.54) is 66.9 Å². The average molecular weight is 591 g/mol. The molecule has 38 heavy (non-hydrogen) atoms. The zero-order chi connectivity index (χ0) is 27.3. The first-order valence-corrected chi connectivity index (χ1v) is 14.6. The Bertz CT molecular complexity index is 1650. The van der Waals surface area contributed by atoms with Gasteiger partial charge in [-0.15, -0.1) is 0 Å². The van der Waals surface area contributed by atoms with Gasteiger partial charge in [-0.05, 0) is 66.7 Å². The van der Waals surface area contributed by atoms with Crippen LogP contribution in [0.2, 0.25) is 10.0 Å². The lowest BCUT2D eigenvalue weighted by molar-refractivity contribution is -0.114. The number of benzene rings is 3. The number of amides is 1. The fourth-order valence-corrected chi connectivity index (χ4v) is 6.08. The molecule has 1 aromatic heterocycles. The third-order valence-corrected chi connectivity index (χ3v) is 9.06. The normalized spacial score (nSPS) is 11.5. The van der Waals surface area contributed by atoms with Crippen molar-refractivity contribution in [3.05, 3.63) is 107 Å². The van der Waals surface area contributed by atoms with Crippen molar-refractivity contribution in [3.8, 4) is 0 Å². The lowest BCUT2D eigenvalue weighted by atomic mass is 10.3. The third-order valence-electron chi connectivity index (χ3n) is 5.16. The molecule has 0 aliphatic heterocycles. The van der Waals surface area contributed by atoms with Crippen molar-refractivity contribution in [1.29, 1.82) is 0 Å². The number of sulfonamides is 2. The number of rotatable bonds is 9. The molecular weight excluding hydrogens is 571 g/mol. The number of anilines is 3. The van der Waals surface area contributed by atoms with Crippen LogP contribution < -0.4 is 14.3 Å². The molecule has 0 aliphatic rings. The zero-order valence-corrected chi connectivity index (χ0v) is 22.6. The Morgan fingerprint density at radius 1 is 0.789 bits per heavy atom. The number of carbonyl (C=O) groups is 1. The third kappa shape index (κ3) is 6.43. The smallest absolute Gasteiger partial charge is 0.264 e. The van der Waals surface area contributed by atoms with Gasteiger partial charge in [-0.2, -0.15) is 0 Å². The van der Waals surface area contributed by atoms with Gasteiger partial charge >= 0.3 is 0 Å². The number of pyridine rings is 1. The van der Waals surface area contributed by atoms with Crippen LogP contribution in [0.1, 0.15) is 0 Å². The van der Waals surface area contributed by atoms with Crippen molar-refractivity contribution in [2.45, 2.75) is 9.79 Å². The van der Waals surface area contributed by atoms with Crippen LogP contribution in [0.3, 0.4) is 0 Å². The molecule has 0 atom stereocenters. The predicted octanol–water partition coefficient (Wildman–Crippen LogP) is 5.02. The number of carbonyl (C=O) groups excluding carboxylic acids is 1. The Morgan fingerprint density at radius 2 is 1.47 bits per heavy atom. The van der Waals surface area contributed by atoms with E-state index in [0.29, 0.717) is 0 Å². The largest absolute Gasteiger partial charge is 0.325 e. The standard InChI is InChI=1S/C25H20Cl2N4O5S2/c26-22-14-11-19(16-23(22)27)31(38(35,36)21-6-2-1-3-7-21)17-25(32)29-18-9-12-20(13-10-18)37(33,34)30-24-8-4-5-15-28-24/h1-16H,17H2,(H,28,30)(H,29,32). The number of nitrogens with one attached hydrogen (secondary N) is 2. The molecule has 0 unspecified atom stereocenters. The predicted molar refractivity (Wildman–Crippen MR) is 148 cm³/mol. The van der Waals surface area contributed by atoms with Crippen molar-refractivity contribution < 1.29 is 21.6 Å². The van der Waals surface area contributed by atoms with Crippen LogP contribution in [-0.2, 0) is 24.8 Å². The van der Waals surface area contributed by atoms with E-state index < -0.39 is 32.5 Å². The van der Waals surface area contributed by atoms with Crippen LogP contribution >= 0.6 is 23.2 Å². The molecule has 0 saturated carbocycles. The minimum atomic E-state index is -4.15. The highest BCUT2D eigenvalue weighted by molar-refractivity contribution is 7.93. The number of hydrogen-bond donors (Lipinski definition) is 2. The monoisotopic (exact) mass is 590 g/mol. The molecule has 1 heterocycles. The minimum absolute atomic E-state index is 0.0196. The van der Waals surface area contributed by atoms with E-state index in [1.807, 2.05) is 0 Å². The molecule has 1 amide bonds. The molecule has 196 valence electrons. The molecule has 2 N–H and O–H groups in total. The Labute approximate surface area is 230 Å². The van der Waals surface area contributed by atoms with E-state index in [-0.39, 0.29) is 37.0 Å². The van der Waals surface area contributed by atoms with Gasteiger partial charge in [0.1, 0.15) is 12.4 Å². The first-order valence-electron chi connectivity index (χ1n) is 10.9. The Hall–Kier alpha value is -3.64. The molecular formula is C25H20Cl2N4O5S2. The summed E-state index contributed by atoms with van der Waals surface area (Å²) in [5.74, 6) is -0.510. The van der Waals surface area contributed by atoms with Crippen molar-refractivity contribution in [1.82, 2.24) is 4.98 Å². The second-order valence-corrected chi connectivity index (χ2v) is 12.2. The molecule has 0 aliphatic carbocycles. The van der Waals surface area contributed by atoms with Gasteiger partial charge in [0.05, 0.1) is 25.5 Å². The number of halogens is 2. The maximum atomic E-state index is 13.4. The van der Waals surface area contributed by atoms with Gasteiger partial charge in [0.2, 0.25) is 5.91 Å². The van der Waals surface area contributed by atoms with Crippen molar-refractivity contribution in [2.24, 2.45) is 0 Å². The van der Waals surface area contributed by atoms with Crippen molar-refractivity contribution >= 4 is 66.3 Å². The van der Waals surface area contributed by atoms with Gasteiger partial charge < -0.3 is 5.32 Å². The Morgan fingerprint density at radius 3 is 2.11 bits per heavy atom. The molecule has 4 aromatic rings. The van der Waals surface area contributed by atoms with E-state index in [2.05, 4.69) is 15.0 Å². The van der Waals surface area contributed by atoms with Crippen LogP contribution in [0.5, 0.6) is 0 Å². The van der Waals surface area contributed by atoms with E-state index in [1.54, 1.807) is 30.3 Å². The van der Waals surface area contributed by atoms with Crippen molar-refractivity contribution in [3.63, 3.8) is 0 Å². The second-order valence-electron chi connectivity index (χ2n) is 7.82. The highest BCUT2D eigenvalue weighted by Gasteiger charge is 2.27. The molecule has 0 saturated heterocycles. The van der Waals surface area contributed by atoms with Gasteiger partial charge in [-0.1, -0.05) is 47.5 Å². The lowest BCUT2D eigenvalue weighted by Crippen LogP contribution is -2.38. The number of hydrogen-bond acceptors (Lipinski definition) is 6. The van der Waals surface area contributed by atoms with Crippen LogP contribution in [-0.4, -0.2) is 34.3 Å². The summed E-state index contributed by atoms with van der Waals surface area (Å²) in [4.78, 5) is 16.8.